The molecule has 1 aromatic heterocycles. The summed E-state index contributed by atoms with van der Waals surface area (Å²) in [5.74, 6) is 0.219. The van der Waals surface area contributed by atoms with E-state index >= 15 is 0 Å². The van der Waals surface area contributed by atoms with Gasteiger partial charge in [0, 0.05) is 10.9 Å². The predicted molar refractivity (Wildman–Crippen MR) is 77.6 cm³/mol. The molecule has 0 fully saturated rings. The average molecular weight is 268 g/mol. The molecule has 0 saturated carbocycles. The smallest absolute Gasteiger partial charge is 0.240 e. The van der Waals surface area contributed by atoms with Crippen molar-refractivity contribution < 1.29 is 4.79 Å². The molecule has 1 atom stereocenters. The quantitative estimate of drug-likeness (QED) is 0.892. The van der Waals surface area contributed by atoms with Gasteiger partial charge in [0.05, 0.1) is 12.6 Å². The summed E-state index contributed by atoms with van der Waals surface area (Å²) < 4.78 is 0. The van der Waals surface area contributed by atoms with Crippen LogP contribution in [0.4, 0.5) is 0 Å². The lowest BCUT2D eigenvalue weighted by atomic mass is 10.0. The van der Waals surface area contributed by atoms with Crippen molar-refractivity contribution >= 4 is 17.2 Å². The van der Waals surface area contributed by atoms with Crippen LogP contribution in [0, 0.1) is 12.8 Å². The van der Waals surface area contributed by atoms with E-state index in [1.54, 1.807) is 11.3 Å². The second-order valence-electron chi connectivity index (χ2n) is 5.36. The maximum atomic E-state index is 12.4. The molecule has 102 valence electrons. The first kappa shape index (κ1) is 15.2. The zero-order chi connectivity index (χ0) is 13.9. The molecule has 2 N–H and O–H groups in total. The Kier molecular flexibility index (Phi) is 5.35. The molecule has 0 aliphatic carbocycles. The maximum Gasteiger partial charge on any atom is 0.240 e. The van der Waals surface area contributed by atoms with E-state index < -0.39 is 6.04 Å². The van der Waals surface area contributed by atoms with Crippen molar-refractivity contribution in [3.63, 3.8) is 0 Å². The van der Waals surface area contributed by atoms with E-state index in [1.165, 1.54) is 10.4 Å². The highest BCUT2D eigenvalue weighted by Crippen LogP contribution is 2.20. The summed E-state index contributed by atoms with van der Waals surface area (Å²) in [6, 6.07) is 1.85. The van der Waals surface area contributed by atoms with Gasteiger partial charge < -0.3 is 10.6 Å². The number of rotatable bonds is 5. The van der Waals surface area contributed by atoms with E-state index in [9.17, 15) is 4.79 Å². The van der Waals surface area contributed by atoms with Crippen LogP contribution < -0.4 is 5.73 Å². The lowest BCUT2D eigenvalue weighted by Crippen LogP contribution is -2.48. The number of nitrogens with two attached hydrogens (primary N) is 1. The molecule has 1 amide bonds. The van der Waals surface area contributed by atoms with Gasteiger partial charge >= 0.3 is 0 Å². The van der Waals surface area contributed by atoms with Crippen LogP contribution in [0.2, 0.25) is 0 Å². The molecule has 0 radical (unpaired) electrons. The number of carbonyl (C=O) groups excluding carboxylic acids is 1. The molecule has 1 rings (SSSR count). The van der Waals surface area contributed by atoms with E-state index in [0.717, 1.165) is 0 Å². The molecule has 4 heteroatoms. The van der Waals surface area contributed by atoms with Gasteiger partial charge in [-0.3, -0.25) is 4.79 Å². The van der Waals surface area contributed by atoms with E-state index in [4.69, 9.17) is 5.73 Å². The highest BCUT2D eigenvalue weighted by atomic mass is 32.1. The van der Waals surface area contributed by atoms with Gasteiger partial charge in [-0.2, -0.15) is 0 Å². The largest absolute Gasteiger partial charge is 0.334 e. The summed E-state index contributed by atoms with van der Waals surface area (Å²) in [6.07, 6.45) is 0. The van der Waals surface area contributed by atoms with Gasteiger partial charge in [-0.15, -0.1) is 11.3 Å². The van der Waals surface area contributed by atoms with Gasteiger partial charge in [-0.05, 0) is 43.7 Å². The summed E-state index contributed by atoms with van der Waals surface area (Å²) >= 11 is 1.70. The van der Waals surface area contributed by atoms with Gasteiger partial charge in [0.25, 0.3) is 0 Å². The fourth-order valence-electron chi connectivity index (χ4n) is 1.71. The minimum absolute atomic E-state index is 0.0489. The summed E-state index contributed by atoms with van der Waals surface area (Å²) in [7, 11) is 0. The molecule has 3 nitrogen and oxygen atoms in total. The van der Waals surface area contributed by atoms with Crippen LogP contribution in [0.5, 0.6) is 0 Å². The lowest BCUT2D eigenvalue weighted by molar-refractivity contribution is -0.135. The number of carbonyl (C=O) groups is 1. The first-order valence-corrected chi connectivity index (χ1v) is 7.31. The highest BCUT2D eigenvalue weighted by Gasteiger charge is 2.26. The van der Waals surface area contributed by atoms with Gasteiger partial charge in [0.1, 0.15) is 0 Å². The Morgan fingerprint density at radius 1 is 1.39 bits per heavy atom. The first-order valence-electron chi connectivity index (χ1n) is 6.43. The molecule has 0 aliphatic rings. The van der Waals surface area contributed by atoms with Crippen molar-refractivity contribution in [2.75, 3.05) is 0 Å². The number of nitrogens with zero attached hydrogens (tertiary/aromatic N) is 1. The fourth-order valence-corrected chi connectivity index (χ4v) is 2.62. The summed E-state index contributed by atoms with van der Waals surface area (Å²) in [5.41, 5.74) is 7.22. The van der Waals surface area contributed by atoms with E-state index in [0.29, 0.717) is 6.54 Å². The summed E-state index contributed by atoms with van der Waals surface area (Å²) in [4.78, 5) is 15.5. The number of amides is 1. The Bertz CT molecular complexity index is 398. The van der Waals surface area contributed by atoms with E-state index in [-0.39, 0.29) is 17.9 Å². The number of hydrogen-bond donors (Lipinski definition) is 1. The third kappa shape index (κ3) is 3.56. The topological polar surface area (TPSA) is 46.3 Å². The molecule has 0 saturated heterocycles. The minimum Gasteiger partial charge on any atom is -0.334 e. The Balaban J connectivity index is 2.84. The molecular weight excluding hydrogens is 244 g/mol. The Labute approximate surface area is 114 Å². The average Bonchev–Trinajstić information content (AvgIpc) is 2.69. The maximum absolute atomic E-state index is 12.4. The van der Waals surface area contributed by atoms with E-state index in [1.807, 2.05) is 32.6 Å². The molecule has 18 heavy (non-hydrogen) atoms. The predicted octanol–water partition coefficient (Wildman–Crippen LogP) is 2.78. The van der Waals surface area contributed by atoms with Crippen LogP contribution in [0.25, 0.3) is 0 Å². The monoisotopic (exact) mass is 268 g/mol. The van der Waals surface area contributed by atoms with Crippen molar-refractivity contribution in [1.29, 1.82) is 0 Å². The first-order chi connectivity index (χ1) is 8.34. The number of hydrogen-bond acceptors (Lipinski definition) is 3. The summed E-state index contributed by atoms with van der Waals surface area (Å²) in [6.45, 7) is 10.8. The molecular formula is C14H24N2OS. The highest BCUT2D eigenvalue weighted by molar-refractivity contribution is 7.10. The van der Waals surface area contributed by atoms with Gasteiger partial charge in [0.15, 0.2) is 0 Å². The van der Waals surface area contributed by atoms with Crippen LogP contribution in [0.3, 0.4) is 0 Å². The second-order valence-corrected chi connectivity index (χ2v) is 6.36. The summed E-state index contributed by atoms with van der Waals surface area (Å²) in [5, 5.41) is 2.07. The third-order valence-corrected chi connectivity index (χ3v) is 4.20. The van der Waals surface area contributed by atoms with Crippen LogP contribution in [0.1, 0.15) is 38.1 Å². The third-order valence-electron chi connectivity index (χ3n) is 3.19. The number of aryl methyl sites for hydroxylation is 1. The standard InChI is InChI=1S/C14H24N2OS/c1-9(2)13(15)14(17)16(10(3)4)8-12-11(5)6-7-18-12/h6-7,9-10,13H,8,15H2,1-5H3. The SMILES string of the molecule is Cc1ccsc1CN(C(=O)C(N)C(C)C)C(C)C. The van der Waals surface area contributed by atoms with Crippen LogP contribution in [-0.2, 0) is 11.3 Å². The van der Waals surface area contributed by atoms with Crippen molar-refractivity contribution in [3.05, 3.63) is 21.9 Å². The molecule has 1 unspecified atom stereocenters. The fraction of sp³-hybridized carbons (Fsp3) is 0.643. The molecule has 0 bridgehead atoms. The van der Waals surface area contributed by atoms with Crippen molar-refractivity contribution in [2.45, 2.75) is 53.2 Å². The van der Waals surface area contributed by atoms with Crippen LogP contribution in [0.15, 0.2) is 11.4 Å². The molecule has 1 heterocycles. The Morgan fingerprint density at radius 2 is 2.00 bits per heavy atom. The van der Waals surface area contributed by atoms with E-state index in [2.05, 4.69) is 18.4 Å². The minimum atomic E-state index is -0.410. The molecule has 0 aliphatic heterocycles. The molecule has 0 spiro atoms. The molecule has 1 aromatic rings. The van der Waals surface area contributed by atoms with Crippen molar-refractivity contribution in [2.24, 2.45) is 11.7 Å². The zero-order valence-corrected chi connectivity index (χ0v) is 12.8. The Hall–Kier alpha value is -0.870. The van der Waals surface area contributed by atoms with Crippen molar-refractivity contribution in [1.82, 2.24) is 4.90 Å². The van der Waals surface area contributed by atoms with Crippen molar-refractivity contribution in [3.8, 4) is 0 Å². The molecule has 0 aromatic carbocycles. The normalized spacial score (nSPS) is 13.1. The lowest BCUT2D eigenvalue weighted by Gasteiger charge is -2.30. The number of thiophene rings is 1. The van der Waals surface area contributed by atoms with Gasteiger partial charge in [-0.25, -0.2) is 0 Å². The van der Waals surface area contributed by atoms with Gasteiger partial charge in [-0.1, -0.05) is 13.8 Å². The van der Waals surface area contributed by atoms with Crippen LogP contribution >= 0.6 is 11.3 Å². The zero-order valence-electron chi connectivity index (χ0n) is 11.9. The van der Waals surface area contributed by atoms with Gasteiger partial charge in [0.2, 0.25) is 5.91 Å². The Morgan fingerprint density at radius 3 is 2.39 bits per heavy atom. The second kappa shape index (κ2) is 6.34. The van der Waals surface area contributed by atoms with Crippen LogP contribution in [-0.4, -0.2) is 22.9 Å².